The maximum atomic E-state index is 13.1. The van der Waals surface area contributed by atoms with E-state index in [1.54, 1.807) is 0 Å². The zero-order valence-corrected chi connectivity index (χ0v) is 9.11. The topological polar surface area (TPSA) is 62.2 Å². The highest BCUT2D eigenvalue weighted by atomic mass is 19.1. The minimum atomic E-state index is -0.643. The number of amides is 1. The summed E-state index contributed by atoms with van der Waals surface area (Å²) in [5, 5.41) is 11.8. The molecule has 16 heavy (non-hydrogen) atoms. The van der Waals surface area contributed by atoms with Gasteiger partial charge < -0.3 is 10.4 Å². The molecule has 0 radical (unpaired) electrons. The molecule has 0 bridgehead atoms. The number of aromatic nitrogens is 1. The van der Waals surface area contributed by atoms with Crippen LogP contribution in [0.5, 0.6) is 0 Å². The Morgan fingerprint density at radius 2 is 2.44 bits per heavy atom. The van der Waals surface area contributed by atoms with Crippen molar-refractivity contribution < 1.29 is 14.3 Å². The van der Waals surface area contributed by atoms with Gasteiger partial charge in [-0.1, -0.05) is 6.92 Å². The molecule has 1 atom stereocenters. The van der Waals surface area contributed by atoms with E-state index < -0.39 is 17.8 Å². The number of nitrogens with one attached hydrogen (secondary N) is 1. The number of carbonyl (C=O) groups excluding carboxylic acids is 1. The molecule has 0 aliphatic rings. The lowest BCUT2D eigenvalue weighted by Crippen LogP contribution is -2.27. The van der Waals surface area contributed by atoms with Gasteiger partial charge in [-0.2, -0.15) is 0 Å². The first-order chi connectivity index (χ1) is 7.65. The maximum Gasteiger partial charge on any atom is 0.254 e. The van der Waals surface area contributed by atoms with Crippen molar-refractivity contribution in [3.05, 3.63) is 29.8 Å². The first-order valence-electron chi connectivity index (χ1n) is 5.21. The number of nitrogens with zero attached hydrogens (tertiary/aromatic N) is 1. The van der Waals surface area contributed by atoms with Crippen LogP contribution in [0, 0.1) is 5.82 Å². The summed E-state index contributed by atoms with van der Waals surface area (Å²) in [6.45, 7) is 2.19. The SMILES string of the molecule is CCC(O)CCNC(=O)c1ccncc1F. The van der Waals surface area contributed by atoms with Crippen molar-refractivity contribution in [3.63, 3.8) is 0 Å². The molecule has 1 heterocycles. The van der Waals surface area contributed by atoms with E-state index in [4.69, 9.17) is 0 Å². The van der Waals surface area contributed by atoms with Crippen LogP contribution in [-0.2, 0) is 0 Å². The van der Waals surface area contributed by atoms with Gasteiger partial charge >= 0.3 is 0 Å². The van der Waals surface area contributed by atoms with Crippen molar-refractivity contribution in [1.82, 2.24) is 10.3 Å². The minimum Gasteiger partial charge on any atom is -0.393 e. The molecule has 0 fully saturated rings. The summed E-state index contributed by atoms with van der Waals surface area (Å²) in [7, 11) is 0. The van der Waals surface area contributed by atoms with E-state index in [2.05, 4.69) is 10.3 Å². The summed E-state index contributed by atoms with van der Waals surface area (Å²) < 4.78 is 13.1. The van der Waals surface area contributed by atoms with E-state index in [-0.39, 0.29) is 5.56 Å². The molecule has 4 nitrogen and oxygen atoms in total. The minimum absolute atomic E-state index is 0.0269. The summed E-state index contributed by atoms with van der Waals surface area (Å²) >= 11 is 0. The number of aliphatic hydroxyl groups is 1. The van der Waals surface area contributed by atoms with Gasteiger partial charge in [0.1, 0.15) is 0 Å². The predicted octanol–water partition coefficient (Wildman–Crippen LogP) is 1.11. The molecule has 0 spiro atoms. The summed E-state index contributed by atoms with van der Waals surface area (Å²) in [5.41, 5.74) is -0.0269. The van der Waals surface area contributed by atoms with Gasteiger partial charge in [0.25, 0.3) is 5.91 Å². The van der Waals surface area contributed by atoms with Crippen LogP contribution in [0.2, 0.25) is 0 Å². The Morgan fingerprint density at radius 1 is 1.69 bits per heavy atom. The van der Waals surface area contributed by atoms with Crippen LogP contribution >= 0.6 is 0 Å². The second-order valence-electron chi connectivity index (χ2n) is 3.46. The zero-order valence-electron chi connectivity index (χ0n) is 9.11. The van der Waals surface area contributed by atoms with Gasteiger partial charge in [0.05, 0.1) is 17.9 Å². The molecule has 1 aromatic rings. The van der Waals surface area contributed by atoms with Crippen molar-refractivity contribution in [2.24, 2.45) is 0 Å². The maximum absolute atomic E-state index is 13.1. The van der Waals surface area contributed by atoms with E-state index >= 15 is 0 Å². The molecule has 0 saturated carbocycles. The molecule has 1 amide bonds. The molecule has 0 aliphatic carbocycles. The second kappa shape index (κ2) is 6.17. The molecule has 0 aromatic carbocycles. The molecule has 0 aliphatic heterocycles. The smallest absolute Gasteiger partial charge is 0.254 e. The predicted molar refractivity (Wildman–Crippen MR) is 57.4 cm³/mol. The molecular formula is C11H15FN2O2. The van der Waals surface area contributed by atoms with Gasteiger partial charge in [-0.25, -0.2) is 4.39 Å². The standard InChI is InChI=1S/C11H15FN2O2/c1-2-8(15)3-6-14-11(16)9-4-5-13-7-10(9)12/h4-5,7-8,15H,2-3,6H2,1H3,(H,14,16). The Hall–Kier alpha value is -1.49. The Morgan fingerprint density at radius 3 is 3.06 bits per heavy atom. The average Bonchev–Trinajstić information content (AvgIpc) is 2.29. The third-order valence-electron chi connectivity index (χ3n) is 2.25. The van der Waals surface area contributed by atoms with Gasteiger partial charge in [0.15, 0.2) is 5.82 Å². The number of pyridine rings is 1. The molecule has 2 N–H and O–H groups in total. The quantitative estimate of drug-likeness (QED) is 0.790. The highest BCUT2D eigenvalue weighted by molar-refractivity contribution is 5.94. The zero-order chi connectivity index (χ0) is 12.0. The van der Waals surface area contributed by atoms with Crippen LogP contribution in [0.25, 0.3) is 0 Å². The van der Waals surface area contributed by atoms with Gasteiger partial charge in [-0.15, -0.1) is 0 Å². The van der Waals surface area contributed by atoms with Crippen LogP contribution in [0.3, 0.4) is 0 Å². The number of hydrogen-bond donors (Lipinski definition) is 2. The lowest BCUT2D eigenvalue weighted by molar-refractivity contribution is 0.0938. The van der Waals surface area contributed by atoms with Gasteiger partial charge in [-0.3, -0.25) is 9.78 Å². The molecular weight excluding hydrogens is 211 g/mol. The van der Waals surface area contributed by atoms with Crippen LogP contribution < -0.4 is 5.32 Å². The highest BCUT2D eigenvalue weighted by Gasteiger charge is 2.10. The van der Waals surface area contributed by atoms with Crippen molar-refractivity contribution in [2.45, 2.75) is 25.9 Å². The molecule has 1 aromatic heterocycles. The fraction of sp³-hybridized carbons (Fsp3) is 0.455. The second-order valence-corrected chi connectivity index (χ2v) is 3.46. The molecule has 1 rings (SSSR count). The summed E-state index contributed by atoms with van der Waals surface area (Å²) in [6, 6.07) is 1.32. The van der Waals surface area contributed by atoms with E-state index in [1.807, 2.05) is 6.92 Å². The van der Waals surface area contributed by atoms with E-state index in [1.165, 1.54) is 12.3 Å². The Bertz CT molecular complexity index is 358. The van der Waals surface area contributed by atoms with Crippen LogP contribution in [0.15, 0.2) is 18.5 Å². The lowest BCUT2D eigenvalue weighted by atomic mass is 10.2. The van der Waals surface area contributed by atoms with Crippen molar-refractivity contribution in [1.29, 1.82) is 0 Å². The van der Waals surface area contributed by atoms with Gasteiger partial charge in [0.2, 0.25) is 0 Å². The van der Waals surface area contributed by atoms with Crippen LogP contribution in [0.1, 0.15) is 30.1 Å². The monoisotopic (exact) mass is 226 g/mol. The number of aliphatic hydroxyl groups excluding tert-OH is 1. The largest absolute Gasteiger partial charge is 0.393 e. The summed E-state index contributed by atoms with van der Waals surface area (Å²) in [4.78, 5) is 15.0. The number of halogens is 1. The number of rotatable bonds is 5. The van der Waals surface area contributed by atoms with Gasteiger partial charge in [-0.05, 0) is 18.9 Å². The summed E-state index contributed by atoms with van der Waals surface area (Å²) in [5.74, 6) is -1.13. The first kappa shape index (κ1) is 12.6. The molecule has 0 saturated heterocycles. The third-order valence-corrected chi connectivity index (χ3v) is 2.25. The number of hydrogen-bond acceptors (Lipinski definition) is 3. The molecule has 5 heteroatoms. The fourth-order valence-corrected chi connectivity index (χ4v) is 1.21. The molecule has 88 valence electrons. The average molecular weight is 226 g/mol. The third kappa shape index (κ3) is 3.58. The lowest BCUT2D eigenvalue weighted by Gasteiger charge is -2.08. The van der Waals surface area contributed by atoms with Crippen molar-refractivity contribution >= 4 is 5.91 Å². The Balaban J connectivity index is 2.44. The first-order valence-corrected chi connectivity index (χ1v) is 5.21. The van der Waals surface area contributed by atoms with Crippen molar-refractivity contribution in [2.75, 3.05) is 6.54 Å². The van der Waals surface area contributed by atoms with E-state index in [9.17, 15) is 14.3 Å². The Kier molecular flexibility index (Phi) is 4.85. The normalized spacial score (nSPS) is 12.2. The fourth-order valence-electron chi connectivity index (χ4n) is 1.21. The van der Waals surface area contributed by atoms with E-state index in [0.29, 0.717) is 19.4 Å². The molecule has 1 unspecified atom stereocenters. The van der Waals surface area contributed by atoms with E-state index in [0.717, 1.165) is 6.20 Å². The van der Waals surface area contributed by atoms with Gasteiger partial charge in [0, 0.05) is 12.7 Å². The Labute approximate surface area is 93.5 Å². The highest BCUT2D eigenvalue weighted by Crippen LogP contribution is 2.04. The van der Waals surface area contributed by atoms with Crippen LogP contribution in [-0.4, -0.2) is 28.6 Å². The number of carbonyl (C=O) groups is 1. The summed E-state index contributed by atoms with van der Waals surface area (Å²) in [6.07, 6.45) is 3.03. The van der Waals surface area contributed by atoms with Crippen LogP contribution in [0.4, 0.5) is 4.39 Å². The van der Waals surface area contributed by atoms with Crippen molar-refractivity contribution in [3.8, 4) is 0 Å².